The van der Waals surface area contributed by atoms with Crippen LogP contribution in [0, 0.1) is 17.3 Å². The summed E-state index contributed by atoms with van der Waals surface area (Å²) in [6, 6.07) is 17.6. The lowest BCUT2D eigenvalue weighted by Crippen LogP contribution is -2.33. The van der Waals surface area contributed by atoms with Gasteiger partial charge in [-0.1, -0.05) is 43.2 Å². The van der Waals surface area contributed by atoms with Crippen molar-refractivity contribution in [3.05, 3.63) is 59.7 Å². The Balaban J connectivity index is 1.28. The first-order valence-corrected chi connectivity index (χ1v) is 10.9. The Labute approximate surface area is 169 Å². The molecule has 3 atom stereocenters. The van der Waals surface area contributed by atoms with E-state index in [1.54, 1.807) is 0 Å². The van der Waals surface area contributed by atoms with E-state index >= 15 is 0 Å². The molecular formula is C25H32N2O. The molecule has 3 unspecified atom stereocenters. The number of fused-ring (bicyclic) bond motifs is 3. The molecule has 0 radical (unpaired) electrons. The van der Waals surface area contributed by atoms with Crippen molar-refractivity contribution in [2.45, 2.75) is 45.1 Å². The Hall–Kier alpha value is -2.00. The van der Waals surface area contributed by atoms with E-state index in [1.165, 1.54) is 55.3 Å². The van der Waals surface area contributed by atoms with Crippen LogP contribution in [0.2, 0.25) is 0 Å². The molecule has 1 N–H and O–H groups in total. The number of nitrogens with one attached hydrogen (secondary N) is 1. The highest BCUT2D eigenvalue weighted by Gasteiger charge is 2.54. The first-order chi connectivity index (χ1) is 13.8. The Bertz CT molecular complexity index is 818. The van der Waals surface area contributed by atoms with E-state index in [9.17, 15) is 0 Å². The predicted octanol–water partition coefficient (Wildman–Crippen LogP) is 5.46. The van der Waals surface area contributed by atoms with Gasteiger partial charge >= 0.3 is 0 Å². The maximum absolute atomic E-state index is 6.16. The van der Waals surface area contributed by atoms with Crippen LogP contribution in [-0.4, -0.2) is 20.3 Å². The summed E-state index contributed by atoms with van der Waals surface area (Å²) in [6.07, 6.45) is 8.42. The second-order valence-electron chi connectivity index (χ2n) is 9.10. The Kier molecular flexibility index (Phi) is 4.80. The molecule has 5 rings (SSSR count). The van der Waals surface area contributed by atoms with Crippen molar-refractivity contribution in [1.29, 1.82) is 0 Å². The Morgan fingerprint density at radius 1 is 1.11 bits per heavy atom. The fourth-order valence-corrected chi connectivity index (χ4v) is 5.84. The number of ether oxygens (including phenoxy) is 1. The molecule has 3 aliphatic rings. The van der Waals surface area contributed by atoms with Crippen LogP contribution in [-0.2, 0) is 17.8 Å². The van der Waals surface area contributed by atoms with Gasteiger partial charge in [0.1, 0.15) is 6.73 Å². The average molecular weight is 377 g/mol. The molecule has 1 aliphatic heterocycles. The van der Waals surface area contributed by atoms with Gasteiger partial charge in [-0.05, 0) is 72.3 Å². The maximum atomic E-state index is 6.16. The summed E-state index contributed by atoms with van der Waals surface area (Å²) in [6.45, 7) is 2.46. The van der Waals surface area contributed by atoms with Gasteiger partial charge in [-0.25, -0.2) is 0 Å². The topological polar surface area (TPSA) is 24.5 Å². The number of benzene rings is 2. The highest BCUT2D eigenvalue weighted by Crippen LogP contribution is 2.62. The Morgan fingerprint density at radius 2 is 1.96 bits per heavy atom. The lowest BCUT2D eigenvalue weighted by molar-refractivity contribution is 0.114. The van der Waals surface area contributed by atoms with Gasteiger partial charge in [-0.2, -0.15) is 0 Å². The van der Waals surface area contributed by atoms with Gasteiger partial charge in [0.05, 0.1) is 6.61 Å². The summed E-state index contributed by atoms with van der Waals surface area (Å²) in [5.74, 6) is 2.02. The quantitative estimate of drug-likeness (QED) is 0.750. The van der Waals surface area contributed by atoms with E-state index in [4.69, 9.17) is 4.74 Å². The van der Waals surface area contributed by atoms with Gasteiger partial charge < -0.3 is 15.0 Å². The first-order valence-electron chi connectivity index (χ1n) is 10.9. The van der Waals surface area contributed by atoms with Crippen LogP contribution < -0.4 is 10.2 Å². The summed E-state index contributed by atoms with van der Waals surface area (Å²) in [7, 11) is 1.95. The zero-order chi connectivity index (χ0) is 19.0. The minimum absolute atomic E-state index is 0.552. The van der Waals surface area contributed by atoms with E-state index in [0.717, 1.165) is 24.1 Å². The number of para-hydroxylation sites is 1. The van der Waals surface area contributed by atoms with Gasteiger partial charge in [-0.3, -0.25) is 0 Å². The molecule has 28 heavy (non-hydrogen) atoms. The van der Waals surface area contributed by atoms with Gasteiger partial charge in [0.15, 0.2) is 0 Å². The molecule has 2 saturated carbocycles. The third kappa shape index (κ3) is 3.41. The molecule has 2 aliphatic carbocycles. The monoisotopic (exact) mass is 376 g/mol. The van der Waals surface area contributed by atoms with E-state index < -0.39 is 0 Å². The zero-order valence-corrected chi connectivity index (χ0v) is 17.0. The van der Waals surface area contributed by atoms with E-state index in [2.05, 4.69) is 58.7 Å². The third-order valence-electron chi connectivity index (χ3n) is 7.47. The minimum Gasteiger partial charge on any atom is -0.388 e. The van der Waals surface area contributed by atoms with Crippen LogP contribution in [0.15, 0.2) is 48.5 Å². The lowest BCUT2D eigenvalue weighted by Gasteiger charge is -2.37. The molecule has 0 amide bonds. The molecule has 1 spiro atoms. The van der Waals surface area contributed by atoms with E-state index in [1.807, 2.05) is 7.05 Å². The van der Waals surface area contributed by atoms with Crippen LogP contribution in [0.4, 0.5) is 11.4 Å². The molecule has 0 saturated heterocycles. The summed E-state index contributed by atoms with van der Waals surface area (Å²) in [4.78, 5) is 2.48. The van der Waals surface area contributed by atoms with Crippen molar-refractivity contribution in [3.63, 3.8) is 0 Å². The standard InChI is InChI=1S/C25H32N2O/c1-26-22-10-8-19(9-11-22)17-28-18-27-14-13-25(12-4-6-20-15-23(20)25)16-21-5-2-3-7-24(21)27/h2-3,5,7-11,20,23,26H,4,6,12-18H2,1H3. The summed E-state index contributed by atoms with van der Waals surface area (Å²) >= 11 is 0. The van der Waals surface area contributed by atoms with E-state index in [0.29, 0.717) is 18.8 Å². The second kappa shape index (κ2) is 7.44. The molecule has 2 aromatic rings. The Morgan fingerprint density at radius 3 is 2.82 bits per heavy atom. The summed E-state index contributed by atoms with van der Waals surface area (Å²) < 4.78 is 6.16. The molecule has 148 valence electrons. The van der Waals surface area contributed by atoms with Crippen LogP contribution >= 0.6 is 0 Å². The molecule has 2 aromatic carbocycles. The molecule has 0 aromatic heterocycles. The van der Waals surface area contributed by atoms with Gasteiger partial charge in [0, 0.05) is 25.0 Å². The highest BCUT2D eigenvalue weighted by atomic mass is 16.5. The van der Waals surface area contributed by atoms with Crippen molar-refractivity contribution in [2.75, 3.05) is 30.5 Å². The van der Waals surface area contributed by atoms with E-state index in [-0.39, 0.29) is 0 Å². The van der Waals surface area contributed by atoms with Crippen LogP contribution in [0.25, 0.3) is 0 Å². The number of anilines is 2. The van der Waals surface area contributed by atoms with Gasteiger partial charge in [0.2, 0.25) is 0 Å². The third-order valence-corrected chi connectivity index (χ3v) is 7.47. The largest absolute Gasteiger partial charge is 0.388 e. The second-order valence-corrected chi connectivity index (χ2v) is 9.10. The normalized spacial score (nSPS) is 28.4. The van der Waals surface area contributed by atoms with Crippen molar-refractivity contribution < 1.29 is 4.74 Å². The van der Waals surface area contributed by atoms with Crippen molar-refractivity contribution in [1.82, 2.24) is 0 Å². The predicted molar refractivity (Wildman–Crippen MR) is 116 cm³/mol. The van der Waals surface area contributed by atoms with Crippen molar-refractivity contribution >= 4 is 11.4 Å². The fraction of sp³-hybridized carbons (Fsp3) is 0.520. The lowest BCUT2D eigenvalue weighted by atomic mass is 9.68. The fourth-order valence-electron chi connectivity index (χ4n) is 5.84. The molecule has 0 bridgehead atoms. The number of hydrogen-bond donors (Lipinski definition) is 1. The van der Waals surface area contributed by atoms with Crippen molar-refractivity contribution in [3.8, 4) is 0 Å². The molecular weight excluding hydrogens is 344 g/mol. The van der Waals surface area contributed by atoms with Crippen LogP contribution in [0.5, 0.6) is 0 Å². The number of rotatable bonds is 5. The maximum Gasteiger partial charge on any atom is 0.119 e. The first kappa shape index (κ1) is 18.1. The van der Waals surface area contributed by atoms with Gasteiger partial charge in [0.25, 0.3) is 0 Å². The summed E-state index contributed by atoms with van der Waals surface area (Å²) in [5, 5.41) is 3.17. The molecule has 3 nitrogen and oxygen atoms in total. The smallest absolute Gasteiger partial charge is 0.119 e. The van der Waals surface area contributed by atoms with Crippen molar-refractivity contribution in [2.24, 2.45) is 17.3 Å². The van der Waals surface area contributed by atoms with Crippen LogP contribution in [0.1, 0.15) is 43.2 Å². The highest BCUT2D eigenvalue weighted by molar-refractivity contribution is 5.55. The molecule has 2 fully saturated rings. The summed E-state index contributed by atoms with van der Waals surface area (Å²) in [5.41, 5.74) is 5.85. The SMILES string of the molecule is CNc1ccc(COCN2CCC3(CCCC4CC43)Cc3ccccc32)cc1. The molecule has 3 heteroatoms. The molecule has 1 heterocycles. The zero-order valence-electron chi connectivity index (χ0n) is 17.0. The number of hydrogen-bond acceptors (Lipinski definition) is 3. The minimum atomic E-state index is 0.552. The van der Waals surface area contributed by atoms with Crippen LogP contribution in [0.3, 0.4) is 0 Å². The van der Waals surface area contributed by atoms with Gasteiger partial charge in [-0.15, -0.1) is 0 Å². The number of nitrogens with zero attached hydrogens (tertiary/aromatic N) is 1. The average Bonchev–Trinajstić information content (AvgIpc) is 3.54.